The number of nitrogens with one attached hydrogen (secondary N) is 1. The summed E-state index contributed by atoms with van der Waals surface area (Å²) in [6.45, 7) is 6.39. The monoisotopic (exact) mass is 444 g/mol. The van der Waals surface area contributed by atoms with Crippen molar-refractivity contribution >= 4 is 5.91 Å². The SMILES string of the molecule is COCCC(=O)N1CCC(c2nc([C@@H]3CCCN(CC4=CCCOC4)C3)cc(=O)[nH]2)CC1. The van der Waals surface area contributed by atoms with Gasteiger partial charge in [0.25, 0.3) is 5.56 Å². The van der Waals surface area contributed by atoms with Crippen LogP contribution in [0.25, 0.3) is 0 Å². The van der Waals surface area contributed by atoms with Crippen LogP contribution >= 0.6 is 0 Å². The Morgan fingerprint density at radius 1 is 1.25 bits per heavy atom. The summed E-state index contributed by atoms with van der Waals surface area (Å²) >= 11 is 0. The zero-order valence-corrected chi connectivity index (χ0v) is 19.2. The summed E-state index contributed by atoms with van der Waals surface area (Å²) in [7, 11) is 1.61. The van der Waals surface area contributed by atoms with Crippen LogP contribution < -0.4 is 5.56 Å². The maximum atomic E-state index is 12.5. The van der Waals surface area contributed by atoms with E-state index in [0.29, 0.717) is 26.1 Å². The third-order valence-corrected chi connectivity index (χ3v) is 6.87. The molecule has 0 unspecified atom stereocenters. The second-order valence-corrected chi connectivity index (χ2v) is 9.23. The first kappa shape index (κ1) is 23.1. The largest absolute Gasteiger partial charge is 0.384 e. The summed E-state index contributed by atoms with van der Waals surface area (Å²) < 4.78 is 10.6. The Labute approximate surface area is 190 Å². The van der Waals surface area contributed by atoms with Crippen LogP contribution in [-0.4, -0.2) is 85.3 Å². The molecule has 4 heterocycles. The molecule has 0 radical (unpaired) electrons. The van der Waals surface area contributed by atoms with Crippen LogP contribution in [-0.2, 0) is 14.3 Å². The van der Waals surface area contributed by atoms with E-state index in [-0.39, 0.29) is 23.3 Å². The van der Waals surface area contributed by atoms with Crippen molar-refractivity contribution in [3.05, 3.63) is 39.6 Å². The van der Waals surface area contributed by atoms with E-state index in [9.17, 15) is 9.59 Å². The van der Waals surface area contributed by atoms with Gasteiger partial charge in [-0.1, -0.05) is 6.08 Å². The van der Waals surface area contributed by atoms with Gasteiger partial charge in [-0.3, -0.25) is 14.5 Å². The highest BCUT2D eigenvalue weighted by Crippen LogP contribution is 2.29. The van der Waals surface area contributed by atoms with Gasteiger partial charge in [0, 0.05) is 51.2 Å². The molecule has 1 amide bonds. The highest BCUT2D eigenvalue weighted by atomic mass is 16.5. The third kappa shape index (κ3) is 6.05. The molecule has 0 aliphatic carbocycles. The van der Waals surface area contributed by atoms with Gasteiger partial charge in [0.2, 0.25) is 5.91 Å². The van der Waals surface area contributed by atoms with Gasteiger partial charge in [-0.15, -0.1) is 0 Å². The number of methoxy groups -OCH3 is 1. The minimum atomic E-state index is -0.0656. The van der Waals surface area contributed by atoms with E-state index in [0.717, 1.165) is 76.5 Å². The number of likely N-dealkylation sites (tertiary alicyclic amines) is 2. The minimum Gasteiger partial charge on any atom is -0.384 e. The number of ether oxygens (including phenoxy) is 2. The van der Waals surface area contributed by atoms with Crippen molar-refractivity contribution < 1.29 is 14.3 Å². The lowest BCUT2D eigenvalue weighted by atomic mass is 9.92. The molecule has 2 saturated heterocycles. The molecule has 0 saturated carbocycles. The van der Waals surface area contributed by atoms with E-state index in [2.05, 4.69) is 16.0 Å². The van der Waals surface area contributed by atoms with Crippen molar-refractivity contribution in [1.82, 2.24) is 19.8 Å². The summed E-state index contributed by atoms with van der Waals surface area (Å²) in [5, 5.41) is 0. The summed E-state index contributed by atoms with van der Waals surface area (Å²) in [5.74, 6) is 1.40. The zero-order chi connectivity index (χ0) is 22.3. The third-order valence-electron chi connectivity index (χ3n) is 6.87. The molecule has 1 aromatic heterocycles. The fourth-order valence-electron chi connectivity index (χ4n) is 5.09. The Kier molecular flexibility index (Phi) is 8.10. The summed E-state index contributed by atoms with van der Waals surface area (Å²) in [5.41, 5.74) is 2.22. The Balaban J connectivity index is 1.38. The number of hydrogen-bond acceptors (Lipinski definition) is 6. The lowest BCUT2D eigenvalue weighted by Crippen LogP contribution is -2.39. The molecule has 8 heteroatoms. The lowest BCUT2D eigenvalue weighted by molar-refractivity contribution is -0.133. The van der Waals surface area contributed by atoms with Crippen molar-refractivity contribution in [1.29, 1.82) is 0 Å². The lowest BCUT2D eigenvalue weighted by Gasteiger charge is -2.34. The number of nitrogens with zero attached hydrogens (tertiary/aromatic N) is 3. The van der Waals surface area contributed by atoms with Crippen LogP contribution in [0.15, 0.2) is 22.5 Å². The molecule has 4 rings (SSSR count). The number of aromatic nitrogens is 2. The fraction of sp³-hybridized carbons (Fsp3) is 0.708. The van der Waals surface area contributed by atoms with Gasteiger partial charge in [-0.2, -0.15) is 0 Å². The number of hydrogen-bond donors (Lipinski definition) is 1. The predicted molar refractivity (Wildman–Crippen MR) is 122 cm³/mol. The Morgan fingerprint density at radius 2 is 2.09 bits per heavy atom. The van der Waals surface area contributed by atoms with Gasteiger partial charge in [-0.05, 0) is 44.2 Å². The summed E-state index contributed by atoms with van der Waals surface area (Å²) in [6.07, 6.45) is 7.57. The van der Waals surface area contributed by atoms with Crippen LogP contribution in [0.3, 0.4) is 0 Å². The van der Waals surface area contributed by atoms with Crippen LogP contribution in [0, 0.1) is 0 Å². The molecule has 1 atom stereocenters. The summed E-state index contributed by atoms with van der Waals surface area (Å²) in [4.78, 5) is 37.0. The average molecular weight is 445 g/mol. The Morgan fingerprint density at radius 3 is 2.84 bits per heavy atom. The van der Waals surface area contributed by atoms with Crippen LogP contribution in [0.5, 0.6) is 0 Å². The normalized spacial score (nSPS) is 23.2. The van der Waals surface area contributed by atoms with Crippen LogP contribution in [0.2, 0.25) is 0 Å². The highest BCUT2D eigenvalue weighted by Gasteiger charge is 2.28. The first-order valence-electron chi connectivity index (χ1n) is 12.0. The average Bonchev–Trinajstić information content (AvgIpc) is 2.83. The number of piperidine rings is 2. The number of carbonyl (C=O) groups is 1. The first-order chi connectivity index (χ1) is 15.6. The van der Waals surface area contributed by atoms with Crippen molar-refractivity contribution in [3.63, 3.8) is 0 Å². The maximum Gasteiger partial charge on any atom is 0.251 e. The second-order valence-electron chi connectivity index (χ2n) is 9.23. The zero-order valence-electron chi connectivity index (χ0n) is 19.2. The van der Waals surface area contributed by atoms with E-state index in [1.807, 2.05) is 4.90 Å². The summed E-state index contributed by atoms with van der Waals surface area (Å²) in [6, 6.07) is 1.68. The van der Waals surface area contributed by atoms with E-state index >= 15 is 0 Å². The van der Waals surface area contributed by atoms with Crippen molar-refractivity contribution in [3.8, 4) is 0 Å². The number of amides is 1. The van der Waals surface area contributed by atoms with Crippen LogP contribution in [0.1, 0.15) is 61.9 Å². The van der Waals surface area contributed by atoms with E-state index in [4.69, 9.17) is 14.5 Å². The fourth-order valence-corrected chi connectivity index (χ4v) is 5.09. The second kappa shape index (κ2) is 11.2. The molecule has 2 fully saturated rings. The molecule has 1 N–H and O–H groups in total. The number of carbonyl (C=O) groups excluding carboxylic acids is 1. The standard InChI is InChI=1S/C24H36N4O4/c1-31-13-8-23(30)28-10-6-19(7-11-28)24-25-21(14-22(29)26-24)20-5-2-9-27(16-20)15-18-4-3-12-32-17-18/h4,14,19-20H,2-3,5-13,15-17H2,1H3,(H,25,26,29)/t20-/m1/s1. The molecule has 0 bridgehead atoms. The smallest absolute Gasteiger partial charge is 0.251 e. The van der Waals surface area contributed by atoms with Crippen molar-refractivity contribution in [2.75, 3.05) is 59.7 Å². The molecular formula is C24H36N4O4. The van der Waals surface area contributed by atoms with Crippen LogP contribution in [0.4, 0.5) is 0 Å². The number of rotatable bonds is 7. The molecule has 1 aromatic rings. The Bertz CT molecular complexity index is 860. The first-order valence-corrected chi connectivity index (χ1v) is 12.0. The minimum absolute atomic E-state index is 0.0656. The Hall–Kier alpha value is -2.03. The predicted octanol–water partition coefficient (Wildman–Crippen LogP) is 2.04. The molecule has 32 heavy (non-hydrogen) atoms. The number of H-pyrrole nitrogens is 1. The van der Waals surface area contributed by atoms with Gasteiger partial charge in [0.15, 0.2) is 0 Å². The molecule has 3 aliphatic heterocycles. The van der Waals surface area contributed by atoms with Crippen molar-refractivity contribution in [2.45, 2.75) is 50.4 Å². The maximum absolute atomic E-state index is 12.5. The molecule has 0 aromatic carbocycles. The molecule has 0 spiro atoms. The topological polar surface area (TPSA) is 87.8 Å². The van der Waals surface area contributed by atoms with E-state index in [1.54, 1.807) is 13.2 Å². The van der Waals surface area contributed by atoms with Gasteiger partial charge >= 0.3 is 0 Å². The molecule has 8 nitrogen and oxygen atoms in total. The van der Waals surface area contributed by atoms with Gasteiger partial charge < -0.3 is 19.4 Å². The van der Waals surface area contributed by atoms with Gasteiger partial charge in [0.1, 0.15) is 5.82 Å². The van der Waals surface area contributed by atoms with Crippen molar-refractivity contribution in [2.24, 2.45) is 0 Å². The molecule has 3 aliphatic rings. The molecular weight excluding hydrogens is 408 g/mol. The van der Waals surface area contributed by atoms with Gasteiger partial charge in [0.05, 0.1) is 31.9 Å². The quantitative estimate of drug-likeness (QED) is 0.648. The highest BCUT2D eigenvalue weighted by molar-refractivity contribution is 5.76. The molecule has 176 valence electrons. The van der Waals surface area contributed by atoms with Gasteiger partial charge in [-0.25, -0.2) is 4.98 Å². The van der Waals surface area contributed by atoms with E-state index in [1.165, 1.54) is 5.57 Å². The number of aromatic amines is 1. The van der Waals surface area contributed by atoms with E-state index < -0.39 is 0 Å².